The van der Waals surface area contributed by atoms with Crippen molar-refractivity contribution in [3.63, 3.8) is 0 Å². The van der Waals surface area contributed by atoms with E-state index in [-0.39, 0.29) is 23.5 Å². The highest BCUT2D eigenvalue weighted by molar-refractivity contribution is 5.95. The number of pyridine rings is 1. The van der Waals surface area contributed by atoms with Crippen molar-refractivity contribution in [2.45, 2.75) is 32.1 Å². The topological polar surface area (TPSA) is 83.2 Å². The van der Waals surface area contributed by atoms with Crippen molar-refractivity contribution >= 4 is 28.0 Å². The number of aryl methyl sites for hydroxylation is 1. The van der Waals surface area contributed by atoms with Gasteiger partial charge in [-0.05, 0) is 52.2 Å². The number of hydrogen-bond donors (Lipinski definition) is 2. The molecule has 32 heavy (non-hydrogen) atoms. The molecule has 0 bridgehead atoms. The van der Waals surface area contributed by atoms with E-state index in [1.54, 1.807) is 0 Å². The molecule has 1 saturated heterocycles. The Morgan fingerprint density at radius 3 is 2.50 bits per heavy atom. The van der Waals surface area contributed by atoms with Crippen LogP contribution in [0.2, 0.25) is 0 Å². The van der Waals surface area contributed by atoms with Gasteiger partial charge in [-0.3, -0.25) is 0 Å². The van der Waals surface area contributed by atoms with E-state index in [0.29, 0.717) is 5.82 Å². The molecule has 4 rings (SSSR count). The highest BCUT2D eigenvalue weighted by Gasteiger charge is 2.40. The third-order valence-electron chi connectivity index (χ3n) is 6.08. The summed E-state index contributed by atoms with van der Waals surface area (Å²) in [6, 6.07) is 8.35. The number of nitrogen functional groups attached to an aromatic ring is 1. The third-order valence-corrected chi connectivity index (χ3v) is 6.08. The number of nitrogens with two attached hydrogens (primary N) is 1. The highest BCUT2D eigenvalue weighted by atomic mass is 19.4. The van der Waals surface area contributed by atoms with Crippen molar-refractivity contribution in [1.82, 2.24) is 20.1 Å². The second kappa shape index (κ2) is 7.77. The molecule has 170 valence electrons. The van der Waals surface area contributed by atoms with Crippen molar-refractivity contribution in [2.75, 3.05) is 43.1 Å². The molecule has 0 unspecified atom stereocenters. The largest absolute Gasteiger partial charge is 0.433 e. The predicted octanol–water partition coefficient (Wildman–Crippen LogP) is 3.69. The summed E-state index contributed by atoms with van der Waals surface area (Å²) in [5.74, 6) is 0.487. The van der Waals surface area contributed by atoms with Gasteiger partial charge >= 0.3 is 6.18 Å². The van der Waals surface area contributed by atoms with Crippen LogP contribution in [-0.4, -0.2) is 52.8 Å². The lowest BCUT2D eigenvalue weighted by Crippen LogP contribution is -2.67. The molecule has 7 nitrogen and oxygen atoms in total. The maximum Gasteiger partial charge on any atom is 0.433 e. The fraction of sp³-hybridized carbons (Fsp3) is 0.409. The second-order valence-electron chi connectivity index (χ2n) is 8.74. The Balaban J connectivity index is 1.61. The summed E-state index contributed by atoms with van der Waals surface area (Å²) >= 11 is 0. The number of nitrogens with zero attached hydrogens (tertiary/aromatic N) is 5. The van der Waals surface area contributed by atoms with Crippen molar-refractivity contribution < 1.29 is 13.2 Å². The van der Waals surface area contributed by atoms with Crippen molar-refractivity contribution in [3.05, 3.63) is 47.4 Å². The molecule has 0 amide bonds. The maximum atomic E-state index is 13.1. The van der Waals surface area contributed by atoms with E-state index in [1.165, 1.54) is 6.07 Å². The van der Waals surface area contributed by atoms with Crippen LogP contribution in [0.15, 0.2) is 30.3 Å². The van der Waals surface area contributed by atoms with Crippen LogP contribution in [0.25, 0.3) is 10.8 Å². The van der Waals surface area contributed by atoms with E-state index in [1.807, 2.05) is 19.1 Å². The number of hydrogen-bond acceptors (Lipinski definition) is 7. The number of rotatable bonds is 5. The minimum Gasteiger partial charge on any atom is -0.399 e. The Labute approximate surface area is 184 Å². The fourth-order valence-electron chi connectivity index (χ4n) is 3.87. The molecule has 0 atom stereocenters. The average Bonchev–Trinajstić information content (AvgIpc) is 2.69. The number of fused-ring (bicyclic) bond motifs is 1. The first-order valence-electron chi connectivity index (χ1n) is 10.2. The SMILES string of the molecule is Cc1nnc(NCc2cc(N)cc(C(F)(F)F)n2)c2cc(N3CC(C)(N(C)C)C3)ccc12. The average molecular weight is 445 g/mol. The van der Waals surface area contributed by atoms with E-state index in [2.05, 4.69) is 57.4 Å². The molecule has 3 aromatic rings. The quantitative estimate of drug-likeness (QED) is 0.620. The number of likely N-dealkylation sites (N-methyl/N-ethyl adjacent to an activating group) is 1. The first-order chi connectivity index (χ1) is 15.0. The molecule has 1 fully saturated rings. The van der Waals surface area contributed by atoms with E-state index < -0.39 is 11.9 Å². The Hall–Kier alpha value is -3.14. The van der Waals surface area contributed by atoms with Crippen LogP contribution < -0.4 is 16.0 Å². The molecule has 1 aromatic carbocycles. The molecule has 0 saturated carbocycles. The molecule has 1 aliphatic heterocycles. The minimum absolute atomic E-state index is 0.00739. The van der Waals surface area contributed by atoms with Gasteiger partial charge in [0.15, 0.2) is 5.82 Å². The van der Waals surface area contributed by atoms with Gasteiger partial charge in [-0.25, -0.2) is 4.98 Å². The molecule has 3 heterocycles. The van der Waals surface area contributed by atoms with E-state index in [9.17, 15) is 13.2 Å². The first kappa shape index (κ1) is 22.1. The lowest BCUT2D eigenvalue weighted by atomic mass is 9.90. The van der Waals surface area contributed by atoms with Crippen molar-refractivity contribution in [1.29, 1.82) is 0 Å². The molecule has 0 aliphatic carbocycles. The lowest BCUT2D eigenvalue weighted by Gasteiger charge is -2.53. The normalized spacial score (nSPS) is 15.8. The van der Waals surface area contributed by atoms with Crippen LogP contribution in [0.5, 0.6) is 0 Å². The summed E-state index contributed by atoms with van der Waals surface area (Å²) in [5.41, 5.74) is 6.78. The number of halogens is 3. The van der Waals surface area contributed by atoms with Gasteiger partial charge in [-0.2, -0.15) is 18.3 Å². The Morgan fingerprint density at radius 2 is 1.84 bits per heavy atom. The van der Waals surface area contributed by atoms with Crippen LogP contribution >= 0.6 is 0 Å². The molecule has 2 aromatic heterocycles. The summed E-state index contributed by atoms with van der Waals surface area (Å²) < 4.78 is 39.2. The van der Waals surface area contributed by atoms with E-state index >= 15 is 0 Å². The third kappa shape index (κ3) is 4.14. The van der Waals surface area contributed by atoms with Gasteiger partial charge in [0.1, 0.15) is 5.69 Å². The van der Waals surface area contributed by atoms with Gasteiger partial charge in [-0.15, -0.1) is 5.10 Å². The van der Waals surface area contributed by atoms with Crippen molar-refractivity contribution in [3.8, 4) is 0 Å². The molecule has 1 aliphatic rings. The molecule has 3 N–H and O–H groups in total. The van der Waals surface area contributed by atoms with E-state index in [4.69, 9.17) is 5.73 Å². The number of aromatic nitrogens is 3. The summed E-state index contributed by atoms with van der Waals surface area (Å²) in [5, 5.41) is 13.3. The van der Waals surface area contributed by atoms with Gasteiger partial charge in [0.2, 0.25) is 0 Å². The van der Waals surface area contributed by atoms with Crippen LogP contribution in [0.4, 0.5) is 30.4 Å². The summed E-state index contributed by atoms with van der Waals surface area (Å²) in [6.07, 6.45) is -4.56. The maximum absolute atomic E-state index is 13.1. The number of benzene rings is 1. The molecule has 10 heteroatoms. The lowest BCUT2D eigenvalue weighted by molar-refractivity contribution is -0.141. The first-order valence-corrected chi connectivity index (χ1v) is 10.2. The predicted molar refractivity (Wildman–Crippen MR) is 120 cm³/mol. The fourth-order valence-corrected chi connectivity index (χ4v) is 3.87. The standard InChI is InChI=1S/C22H26F3N7/c1-13-17-6-5-16(32-11-21(2,12-32)31(3)4)9-18(17)20(30-29-13)27-10-15-7-14(26)8-19(28-15)22(23,24)25/h5-9H,10-12H2,1-4H3,(H2,26,28)(H,27,30). The summed E-state index contributed by atoms with van der Waals surface area (Å²) in [4.78, 5) is 8.20. The Bertz CT molecular complexity index is 1150. The van der Waals surface area contributed by atoms with Gasteiger partial charge in [0.05, 0.1) is 23.5 Å². The Kier molecular flexibility index (Phi) is 5.36. The monoisotopic (exact) mass is 445 g/mol. The van der Waals surface area contributed by atoms with Crippen LogP contribution in [0, 0.1) is 6.92 Å². The summed E-state index contributed by atoms with van der Waals surface area (Å²) in [6.45, 7) is 5.94. The Morgan fingerprint density at radius 1 is 1.12 bits per heavy atom. The molecular formula is C22H26F3N7. The number of anilines is 3. The molecule has 0 radical (unpaired) electrons. The zero-order valence-corrected chi connectivity index (χ0v) is 18.5. The van der Waals surface area contributed by atoms with E-state index in [0.717, 1.165) is 41.3 Å². The second-order valence-corrected chi connectivity index (χ2v) is 8.74. The number of alkyl halides is 3. The van der Waals surface area contributed by atoms with Gasteiger partial charge in [0, 0.05) is 35.2 Å². The van der Waals surface area contributed by atoms with Gasteiger partial charge in [-0.1, -0.05) is 6.07 Å². The highest BCUT2D eigenvalue weighted by Crippen LogP contribution is 2.34. The zero-order chi connectivity index (χ0) is 23.3. The summed E-state index contributed by atoms with van der Waals surface area (Å²) in [7, 11) is 4.15. The minimum atomic E-state index is -4.56. The van der Waals surface area contributed by atoms with Gasteiger partial charge < -0.3 is 20.9 Å². The zero-order valence-electron chi connectivity index (χ0n) is 18.5. The van der Waals surface area contributed by atoms with Crippen LogP contribution in [-0.2, 0) is 12.7 Å². The van der Waals surface area contributed by atoms with Crippen molar-refractivity contribution in [2.24, 2.45) is 0 Å². The molecule has 0 spiro atoms. The molecular weight excluding hydrogens is 419 g/mol. The van der Waals surface area contributed by atoms with Crippen LogP contribution in [0.1, 0.15) is 24.0 Å². The number of nitrogens with one attached hydrogen (secondary N) is 1. The van der Waals surface area contributed by atoms with Crippen LogP contribution in [0.3, 0.4) is 0 Å². The smallest absolute Gasteiger partial charge is 0.399 e. The van der Waals surface area contributed by atoms with Gasteiger partial charge in [0.25, 0.3) is 0 Å².